The molecule has 0 amide bonds. The largest absolute Gasteiger partial charge is 0.208 e. The van der Waals surface area contributed by atoms with E-state index in [9.17, 15) is 0 Å². The lowest BCUT2D eigenvalue weighted by Crippen LogP contribution is -2.02. The van der Waals surface area contributed by atoms with Gasteiger partial charge in [0.05, 0.1) is 0 Å². The lowest BCUT2D eigenvalue weighted by Gasteiger charge is -2.14. The Bertz CT molecular complexity index is 2500. The molecule has 0 saturated heterocycles. The molecule has 6 aromatic carbocycles. The van der Waals surface area contributed by atoms with Gasteiger partial charge in [-0.05, 0) is 60.4 Å². The van der Waals surface area contributed by atoms with E-state index >= 15 is 0 Å². The van der Waals surface area contributed by atoms with Crippen LogP contribution in [-0.4, -0.2) is 15.0 Å². The van der Waals surface area contributed by atoms with Crippen molar-refractivity contribution in [2.24, 2.45) is 0 Å². The van der Waals surface area contributed by atoms with Crippen LogP contribution in [0.4, 0.5) is 0 Å². The van der Waals surface area contributed by atoms with E-state index in [1.807, 2.05) is 0 Å². The van der Waals surface area contributed by atoms with Crippen LogP contribution in [0.5, 0.6) is 0 Å². The number of aromatic nitrogens is 3. The molecule has 3 aromatic heterocycles. The second-order valence-electron chi connectivity index (χ2n) is 11.7. The first-order valence-electron chi connectivity index (χ1n) is 15.4. The monoisotopic (exact) mass is 625 g/mol. The topological polar surface area (TPSA) is 38.7 Å². The minimum Gasteiger partial charge on any atom is -0.208 e. The van der Waals surface area contributed by atoms with Crippen LogP contribution in [-0.2, 0) is 0 Å². The van der Waals surface area contributed by atoms with E-state index in [-0.39, 0.29) is 0 Å². The normalized spacial score (nSPS) is 11.7. The second kappa shape index (κ2) is 10.7. The number of rotatable bonds is 4. The van der Waals surface area contributed by atoms with Crippen molar-refractivity contribution in [3.63, 3.8) is 0 Å². The lowest BCUT2D eigenvalue weighted by molar-refractivity contribution is 1.08. The van der Waals surface area contributed by atoms with Gasteiger partial charge in [-0.1, -0.05) is 103 Å². The highest BCUT2D eigenvalue weighted by Crippen LogP contribution is 2.42. The van der Waals surface area contributed by atoms with Gasteiger partial charge in [-0.2, -0.15) is 0 Å². The third kappa shape index (κ3) is 4.27. The molecule has 9 rings (SSSR count). The Balaban J connectivity index is 1.33. The molecule has 3 heterocycles. The van der Waals surface area contributed by atoms with Crippen LogP contribution in [0.3, 0.4) is 0 Å². The maximum atomic E-state index is 5.26. The first kappa shape index (κ1) is 27.1. The Kier molecular flexibility index (Phi) is 6.30. The van der Waals surface area contributed by atoms with Gasteiger partial charge in [0, 0.05) is 57.0 Å². The predicted octanol–water partition coefficient (Wildman–Crippen LogP) is 11.9. The summed E-state index contributed by atoms with van der Waals surface area (Å²) in [5.41, 5.74) is 7.88. The second-order valence-corrected chi connectivity index (χ2v) is 13.8. The van der Waals surface area contributed by atoms with Gasteiger partial charge >= 0.3 is 0 Å². The maximum Gasteiger partial charge on any atom is 0.165 e. The molecule has 0 aliphatic rings. The molecule has 0 aliphatic heterocycles. The maximum absolute atomic E-state index is 5.26. The average molecular weight is 626 g/mol. The standard InChI is InChI=1S/C41H27N3S2/c1-24-12-3-4-13-26(24)27-16-9-17-28(25(27)2)39-42-40(33-20-10-18-31-29-14-5-7-22-35(29)45-37(31)33)44-41(43-39)34-21-11-19-32-30-15-6-8-23-36(30)46-38(32)34/h3-23H,1-2H3. The van der Waals surface area contributed by atoms with E-state index < -0.39 is 0 Å². The van der Waals surface area contributed by atoms with Gasteiger partial charge in [0.2, 0.25) is 0 Å². The van der Waals surface area contributed by atoms with E-state index in [2.05, 4.69) is 141 Å². The fourth-order valence-electron chi connectivity index (χ4n) is 6.63. The number of hydrogen-bond donors (Lipinski definition) is 0. The molecular formula is C41H27N3S2. The molecule has 9 aromatic rings. The fraction of sp³-hybridized carbons (Fsp3) is 0.0488. The Hall–Kier alpha value is -5.23. The van der Waals surface area contributed by atoms with Gasteiger partial charge < -0.3 is 0 Å². The highest BCUT2D eigenvalue weighted by Gasteiger charge is 2.20. The van der Waals surface area contributed by atoms with Gasteiger partial charge in [-0.25, -0.2) is 15.0 Å². The average Bonchev–Trinajstić information content (AvgIpc) is 3.67. The molecule has 5 heteroatoms. The van der Waals surface area contributed by atoms with Crippen molar-refractivity contribution in [3.05, 3.63) is 139 Å². The minimum atomic E-state index is 0.684. The molecule has 0 aliphatic carbocycles. The number of nitrogens with zero attached hydrogens (tertiary/aromatic N) is 3. The summed E-state index contributed by atoms with van der Waals surface area (Å²) < 4.78 is 4.90. The highest BCUT2D eigenvalue weighted by molar-refractivity contribution is 7.26. The molecule has 0 atom stereocenters. The van der Waals surface area contributed by atoms with E-state index in [1.165, 1.54) is 57.0 Å². The summed E-state index contributed by atoms with van der Waals surface area (Å²) in [5, 5.41) is 4.98. The molecule has 0 radical (unpaired) electrons. The molecule has 0 bridgehead atoms. The number of thiophene rings is 2. The van der Waals surface area contributed by atoms with Gasteiger partial charge in [-0.15, -0.1) is 22.7 Å². The summed E-state index contributed by atoms with van der Waals surface area (Å²) in [6.45, 7) is 4.34. The molecular weight excluding hydrogens is 599 g/mol. The molecule has 0 unspecified atom stereocenters. The summed E-state index contributed by atoms with van der Waals surface area (Å²) >= 11 is 3.60. The Morgan fingerprint density at radius 1 is 0.370 bits per heavy atom. The lowest BCUT2D eigenvalue weighted by atomic mass is 9.93. The molecule has 0 saturated carbocycles. The van der Waals surface area contributed by atoms with Crippen LogP contribution in [0.15, 0.2) is 127 Å². The zero-order valence-corrected chi connectivity index (χ0v) is 26.9. The Morgan fingerprint density at radius 3 is 1.37 bits per heavy atom. The highest BCUT2D eigenvalue weighted by atomic mass is 32.1. The summed E-state index contributed by atoms with van der Waals surface area (Å²) in [6, 6.07) is 45.1. The van der Waals surface area contributed by atoms with Crippen LogP contribution >= 0.6 is 22.7 Å². The van der Waals surface area contributed by atoms with Crippen molar-refractivity contribution >= 4 is 63.0 Å². The fourth-order valence-corrected chi connectivity index (χ4v) is 9.05. The van der Waals surface area contributed by atoms with Crippen LogP contribution in [0, 0.1) is 13.8 Å². The summed E-state index contributed by atoms with van der Waals surface area (Å²) in [4.78, 5) is 15.8. The van der Waals surface area contributed by atoms with E-state index in [1.54, 1.807) is 22.7 Å². The molecule has 0 fully saturated rings. The van der Waals surface area contributed by atoms with Crippen molar-refractivity contribution in [2.75, 3.05) is 0 Å². The SMILES string of the molecule is Cc1ccccc1-c1cccc(-c2nc(-c3cccc4c3sc3ccccc34)nc(-c3cccc4c3sc3ccccc34)n2)c1C. The third-order valence-corrected chi connectivity index (χ3v) is 11.4. The smallest absolute Gasteiger partial charge is 0.165 e. The summed E-state index contributed by atoms with van der Waals surface area (Å²) in [5.74, 6) is 2.07. The van der Waals surface area contributed by atoms with Crippen LogP contribution in [0.25, 0.3) is 85.6 Å². The van der Waals surface area contributed by atoms with Crippen LogP contribution in [0.1, 0.15) is 11.1 Å². The quantitative estimate of drug-likeness (QED) is 0.195. The molecule has 46 heavy (non-hydrogen) atoms. The van der Waals surface area contributed by atoms with Crippen molar-refractivity contribution < 1.29 is 0 Å². The van der Waals surface area contributed by atoms with Gasteiger partial charge in [-0.3, -0.25) is 0 Å². The van der Waals surface area contributed by atoms with Crippen molar-refractivity contribution in [1.29, 1.82) is 0 Å². The van der Waals surface area contributed by atoms with Gasteiger partial charge in [0.25, 0.3) is 0 Å². The molecule has 3 nitrogen and oxygen atoms in total. The van der Waals surface area contributed by atoms with Gasteiger partial charge in [0.15, 0.2) is 17.5 Å². The first-order chi connectivity index (χ1) is 22.6. The van der Waals surface area contributed by atoms with Crippen molar-refractivity contribution in [1.82, 2.24) is 15.0 Å². The van der Waals surface area contributed by atoms with E-state index in [4.69, 9.17) is 15.0 Å². The molecule has 0 N–H and O–H groups in total. The van der Waals surface area contributed by atoms with Crippen LogP contribution < -0.4 is 0 Å². The number of hydrogen-bond acceptors (Lipinski definition) is 5. The molecule has 218 valence electrons. The number of aryl methyl sites for hydroxylation is 1. The number of benzene rings is 6. The van der Waals surface area contributed by atoms with E-state index in [0.717, 1.165) is 22.3 Å². The predicted molar refractivity (Wildman–Crippen MR) is 197 cm³/mol. The van der Waals surface area contributed by atoms with Crippen molar-refractivity contribution in [3.8, 4) is 45.3 Å². The first-order valence-corrected chi connectivity index (χ1v) is 17.0. The number of fused-ring (bicyclic) bond motifs is 6. The van der Waals surface area contributed by atoms with E-state index in [0.29, 0.717) is 17.5 Å². The molecule has 0 spiro atoms. The third-order valence-electron chi connectivity index (χ3n) is 8.94. The summed E-state index contributed by atoms with van der Waals surface area (Å²) in [7, 11) is 0. The Labute approximate surface area is 274 Å². The summed E-state index contributed by atoms with van der Waals surface area (Å²) in [6.07, 6.45) is 0. The van der Waals surface area contributed by atoms with Crippen molar-refractivity contribution in [2.45, 2.75) is 13.8 Å². The zero-order valence-electron chi connectivity index (χ0n) is 25.3. The zero-order chi connectivity index (χ0) is 30.8. The van der Waals surface area contributed by atoms with Crippen LogP contribution in [0.2, 0.25) is 0 Å². The van der Waals surface area contributed by atoms with Gasteiger partial charge in [0.1, 0.15) is 0 Å². The Morgan fingerprint density at radius 2 is 0.783 bits per heavy atom. The minimum absolute atomic E-state index is 0.684.